The normalized spacial score (nSPS) is 13.5. The molecule has 0 fully saturated rings. The fourth-order valence-electron chi connectivity index (χ4n) is 1.20. The highest BCUT2D eigenvalue weighted by Gasteiger charge is 2.09. The molecule has 11 heavy (non-hydrogen) atoms. The van der Waals surface area contributed by atoms with Crippen molar-refractivity contribution in [2.75, 3.05) is 0 Å². The molecule has 0 unspecified atom stereocenters. The fourth-order valence-corrected chi connectivity index (χ4v) is 2.18. The average Bonchev–Trinajstić information content (AvgIpc) is 2.28. The van der Waals surface area contributed by atoms with Gasteiger partial charge in [0.05, 0.1) is 6.10 Å². The summed E-state index contributed by atoms with van der Waals surface area (Å²) in [4.78, 5) is 2.53. The molecular weight excluding hydrogens is 156 g/mol. The van der Waals surface area contributed by atoms with Crippen molar-refractivity contribution in [1.82, 2.24) is 0 Å². The Balaban J connectivity index is 2.93. The summed E-state index contributed by atoms with van der Waals surface area (Å²) in [5, 5.41) is 9.53. The lowest BCUT2D eigenvalue weighted by Gasteiger charge is -2.05. The Kier molecular flexibility index (Phi) is 2.68. The third-order valence-electron chi connectivity index (χ3n) is 1.83. The van der Waals surface area contributed by atoms with E-state index in [9.17, 15) is 5.11 Å². The van der Waals surface area contributed by atoms with Crippen LogP contribution in [0.4, 0.5) is 0 Å². The van der Waals surface area contributed by atoms with E-state index in [0.717, 1.165) is 12.0 Å². The van der Waals surface area contributed by atoms with Gasteiger partial charge in [-0.3, -0.25) is 0 Å². The smallest absolute Gasteiger partial charge is 0.0798 e. The van der Waals surface area contributed by atoms with Crippen LogP contribution in [-0.4, -0.2) is 5.11 Å². The summed E-state index contributed by atoms with van der Waals surface area (Å²) in [6.45, 7) is 6.13. The Hall–Kier alpha value is -0.340. The minimum atomic E-state index is -0.264. The summed E-state index contributed by atoms with van der Waals surface area (Å²) in [7, 11) is 0. The van der Waals surface area contributed by atoms with Gasteiger partial charge in [0.2, 0.25) is 0 Å². The Morgan fingerprint density at radius 1 is 1.55 bits per heavy atom. The second-order valence-corrected chi connectivity index (χ2v) is 4.25. The van der Waals surface area contributed by atoms with E-state index in [1.807, 2.05) is 6.92 Å². The average molecular weight is 170 g/mol. The van der Waals surface area contributed by atoms with Crippen molar-refractivity contribution >= 4 is 11.3 Å². The molecule has 1 heterocycles. The van der Waals surface area contributed by atoms with E-state index in [1.165, 1.54) is 9.75 Å². The van der Waals surface area contributed by atoms with Gasteiger partial charge in [0.15, 0.2) is 0 Å². The predicted octanol–water partition coefficient (Wildman–Crippen LogP) is 2.81. The maximum Gasteiger partial charge on any atom is 0.0798 e. The number of aliphatic hydroxyl groups excluding tert-OH is 1. The van der Waals surface area contributed by atoms with Crippen molar-refractivity contribution in [1.29, 1.82) is 0 Å². The van der Waals surface area contributed by atoms with Crippen LogP contribution in [0.1, 0.15) is 34.8 Å². The molecule has 0 amide bonds. The van der Waals surface area contributed by atoms with Gasteiger partial charge < -0.3 is 5.11 Å². The molecule has 0 spiro atoms. The van der Waals surface area contributed by atoms with E-state index >= 15 is 0 Å². The first kappa shape index (κ1) is 8.75. The first-order chi connectivity index (χ1) is 5.15. The van der Waals surface area contributed by atoms with Gasteiger partial charge in [0.25, 0.3) is 0 Å². The van der Waals surface area contributed by atoms with Crippen LogP contribution < -0.4 is 0 Å². The van der Waals surface area contributed by atoms with Gasteiger partial charge in [-0.1, -0.05) is 6.92 Å². The van der Waals surface area contributed by atoms with Crippen molar-refractivity contribution in [2.45, 2.75) is 33.3 Å². The predicted molar refractivity (Wildman–Crippen MR) is 49.0 cm³/mol. The highest BCUT2D eigenvalue weighted by Crippen LogP contribution is 2.27. The number of rotatable bonds is 2. The molecule has 1 N–H and O–H groups in total. The number of aliphatic hydroxyl groups is 1. The number of aryl methyl sites for hydroxylation is 2. The fraction of sp³-hybridized carbons (Fsp3) is 0.556. The molecule has 0 aliphatic rings. The minimum absolute atomic E-state index is 0.264. The zero-order valence-electron chi connectivity index (χ0n) is 7.22. The third-order valence-corrected chi connectivity index (χ3v) is 2.81. The largest absolute Gasteiger partial charge is 0.388 e. The molecule has 1 rings (SSSR count). The van der Waals surface area contributed by atoms with E-state index in [2.05, 4.69) is 19.9 Å². The van der Waals surface area contributed by atoms with Gasteiger partial charge in [-0.2, -0.15) is 0 Å². The van der Waals surface area contributed by atoms with Crippen LogP contribution >= 0.6 is 11.3 Å². The van der Waals surface area contributed by atoms with E-state index in [4.69, 9.17) is 0 Å². The monoisotopic (exact) mass is 170 g/mol. The van der Waals surface area contributed by atoms with Crippen molar-refractivity contribution in [3.63, 3.8) is 0 Å². The first-order valence-corrected chi connectivity index (χ1v) is 4.71. The van der Waals surface area contributed by atoms with E-state index in [-0.39, 0.29) is 6.10 Å². The summed E-state index contributed by atoms with van der Waals surface area (Å²) in [6.07, 6.45) is 0.539. The first-order valence-electron chi connectivity index (χ1n) is 3.90. The van der Waals surface area contributed by atoms with Crippen molar-refractivity contribution < 1.29 is 5.11 Å². The molecule has 0 radical (unpaired) electrons. The lowest BCUT2D eigenvalue weighted by molar-refractivity contribution is 0.173. The maximum absolute atomic E-state index is 9.53. The van der Waals surface area contributed by atoms with Gasteiger partial charge in [-0.05, 0) is 31.9 Å². The van der Waals surface area contributed by atoms with Gasteiger partial charge >= 0.3 is 0 Å². The van der Waals surface area contributed by atoms with Crippen LogP contribution in [0.2, 0.25) is 0 Å². The molecule has 1 aromatic heterocycles. The molecular formula is C9H14OS. The van der Waals surface area contributed by atoms with E-state index < -0.39 is 0 Å². The molecule has 2 heteroatoms. The highest BCUT2D eigenvalue weighted by atomic mass is 32.1. The van der Waals surface area contributed by atoms with Crippen LogP contribution in [0.25, 0.3) is 0 Å². The van der Waals surface area contributed by atoms with Crippen molar-refractivity contribution in [3.05, 3.63) is 21.4 Å². The molecule has 1 aromatic rings. The summed E-state index contributed by atoms with van der Waals surface area (Å²) < 4.78 is 0. The van der Waals surface area contributed by atoms with Crippen LogP contribution in [0.5, 0.6) is 0 Å². The van der Waals surface area contributed by atoms with Crippen LogP contribution in [0.3, 0.4) is 0 Å². The third kappa shape index (κ3) is 1.82. The van der Waals surface area contributed by atoms with E-state index in [1.54, 1.807) is 11.3 Å². The maximum atomic E-state index is 9.53. The summed E-state index contributed by atoms with van der Waals surface area (Å²) in [5.41, 5.74) is 1.11. The molecule has 62 valence electrons. The van der Waals surface area contributed by atoms with Crippen molar-refractivity contribution in [3.8, 4) is 0 Å². The quantitative estimate of drug-likeness (QED) is 0.723. The molecule has 0 aliphatic heterocycles. The Bertz CT molecular complexity index is 240. The van der Waals surface area contributed by atoms with Crippen LogP contribution in [0, 0.1) is 13.8 Å². The summed E-state index contributed by atoms with van der Waals surface area (Å²) in [6, 6.07) is 2.08. The molecule has 1 atom stereocenters. The van der Waals surface area contributed by atoms with E-state index in [0.29, 0.717) is 0 Å². The molecule has 0 aromatic carbocycles. The van der Waals surface area contributed by atoms with Gasteiger partial charge in [-0.15, -0.1) is 11.3 Å². The van der Waals surface area contributed by atoms with Crippen molar-refractivity contribution in [2.24, 2.45) is 0 Å². The lowest BCUT2D eigenvalue weighted by atomic mass is 10.1. The van der Waals surface area contributed by atoms with Crippen LogP contribution in [0.15, 0.2) is 6.07 Å². The Morgan fingerprint density at radius 2 is 2.18 bits per heavy atom. The highest BCUT2D eigenvalue weighted by molar-refractivity contribution is 7.12. The Morgan fingerprint density at radius 3 is 2.55 bits per heavy atom. The lowest BCUT2D eigenvalue weighted by Crippen LogP contribution is -1.93. The molecule has 0 saturated heterocycles. The zero-order valence-corrected chi connectivity index (χ0v) is 8.03. The minimum Gasteiger partial charge on any atom is -0.388 e. The molecule has 0 aliphatic carbocycles. The zero-order chi connectivity index (χ0) is 8.43. The summed E-state index contributed by atoms with van der Waals surface area (Å²) in [5.74, 6) is 0. The second-order valence-electron chi connectivity index (χ2n) is 2.79. The number of thiophene rings is 1. The van der Waals surface area contributed by atoms with Crippen LogP contribution in [-0.2, 0) is 0 Å². The topological polar surface area (TPSA) is 20.2 Å². The molecule has 1 nitrogen and oxygen atoms in total. The molecule has 0 bridgehead atoms. The number of hydrogen-bond donors (Lipinski definition) is 1. The number of hydrogen-bond acceptors (Lipinski definition) is 2. The summed E-state index contributed by atoms with van der Waals surface area (Å²) >= 11 is 1.75. The SMILES string of the molecule is CC[C@@H](O)c1cc(C)sc1C. The second kappa shape index (κ2) is 3.37. The van der Waals surface area contributed by atoms with Gasteiger partial charge in [0.1, 0.15) is 0 Å². The van der Waals surface area contributed by atoms with Gasteiger partial charge in [-0.25, -0.2) is 0 Å². The van der Waals surface area contributed by atoms with Gasteiger partial charge in [0, 0.05) is 9.75 Å². The molecule has 0 saturated carbocycles. The Labute approximate surface area is 71.7 Å². The standard InChI is InChI=1S/C9H14OS/c1-4-9(10)8-5-6(2)11-7(8)3/h5,9-10H,4H2,1-3H3/t9-/m1/s1.